The summed E-state index contributed by atoms with van der Waals surface area (Å²) in [4.78, 5) is 19.0. The van der Waals surface area contributed by atoms with Crippen LogP contribution in [0, 0.1) is 0 Å². The van der Waals surface area contributed by atoms with Crippen molar-refractivity contribution in [2.45, 2.75) is 18.9 Å². The molecule has 138 valence electrons. The average Bonchev–Trinajstić information content (AvgIpc) is 3.04. The molecule has 1 saturated heterocycles. The number of halogens is 4. The number of hydrogen-bond acceptors (Lipinski definition) is 4. The Hall–Kier alpha value is -0.560. The summed E-state index contributed by atoms with van der Waals surface area (Å²) >= 11 is 13.6. The Morgan fingerprint density at radius 1 is 1.36 bits per heavy atom. The Bertz CT molecular complexity index is 725. The minimum atomic E-state index is -0.0162. The Balaban J connectivity index is 0.00000156. The van der Waals surface area contributed by atoms with E-state index in [1.54, 1.807) is 17.5 Å². The molecule has 2 heterocycles. The highest BCUT2D eigenvalue weighted by molar-refractivity contribution is 7.13. The number of likely N-dealkylation sites (tertiary alicyclic amines) is 1. The second-order valence-corrected chi connectivity index (χ2v) is 7.24. The van der Waals surface area contributed by atoms with Gasteiger partial charge in [0.05, 0.1) is 5.02 Å². The van der Waals surface area contributed by atoms with Gasteiger partial charge in [-0.3, -0.25) is 4.79 Å². The Labute approximate surface area is 173 Å². The van der Waals surface area contributed by atoms with Gasteiger partial charge in [-0.05, 0) is 38.1 Å². The van der Waals surface area contributed by atoms with Gasteiger partial charge in [-0.2, -0.15) is 0 Å². The minimum Gasteiger partial charge on any atom is -0.336 e. The zero-order chi connectivity index (χ0) is 16.4. The number of hydrogen-bond donors (Lipinski definition) is 1. The second-order valence-electron chi connectivity index (χ2n) is 5.54. The van der Waals surface area contributed by atoms with Crippen LogP contribution in [0.3, 0.4) is 0 Å². The highest BCUT2D eigenvalue weighted by atomic mass is 35.5. The molecular formula is C16H19Cl4N3OS. The fraction of sp³-hybridized carbons (Fsp3) is 0.375. The number of likely N-dealkylation sites (N-methyl/N-ethyl adjacent to an activating group) is 1. The predicted molar refractivity (Wildman–Crippen MR) is 110 cm³/mol. The minimum absolute atomic E-state index is 0. The highest BCUT2D eigenvalue weighted by Crippen LogP contribution is 2.32. The maximum absolute atomic E-state index is 12.6. The van der Waals surface area contributed by atoms with Crippen LogP contribution >= 0.6 is 59.4 Å². The summed E-state index contributed by atoms with van der Waals surface area (Å²) in [7, 11) is 1.93. The van der Waals surface area contributed by atoms with Gasteiger partial charge in [0.2, 0.25) is 0 Å². The molecule has 0 spiro atoms. The topological polar surface area (TPSA) is 45.2 Å². The molecule has 1 unspecified atom stereocenters. The molecule has 0 radical (unpaired) electrons. The van der Waals surface area contributed by atoms with E-state index < -0.39 is 0 Å². The normalized spacial score (nSPS) is 16.8. The molecule has 1 aromatic carbocycles. The smallest absolute Gasteiger partial charge is 0.273 e. The van der Waals surface area contributed by atoms with Crippen LogP contribution in [0.1, 0.15) is 23.3 Å². The van der Waals surface area contributed by atoms with E-state index in [4.69, 9.17) is 23.2 Å². The van der Waals surface area contributed by atoms with Gasteiger partial charge in [0.25, 0.3) is 5.91 Å². The summed E-state index contributed by atoms with van der Waals surface area (Å²) < 4.78 is 0. The van der Waals surface area contributed by atoms with Gasteiger partial charge in [-0.25, -0.2) is 4.98 Å². The van der Waals surface area contributed by atoms with Crippen LogP contribution in [-0.2, 0) is 0 Å². The first-order chi connectivity index (χ1) is 11.1. The van der Waals surface area contributed by atoms with Crippen LogP contribution in [0.15, 0.2) is 23.6 Å². The maximum atomic E-state index is 12.6. The number of carbonyl (C=O) groups is 1. The third-order valence-electron chi connectivity index (χ3n) is 4.00. The zero-order valence-corrected chi connectivity index (χ0v) is 17.5. The largest absolute Gasteiger partial charge is 0.336 e. The Morgan fingerprint density at radius 2 is 2.12 bits per heavy atom. The summed E-state index contributed by atoms with van der Waals surface area (Å²) in [6, 6.07) is 5.64. The standard InChI is InChI=1S/C16H17Cl2N3OS.2ClH/c1-19-11-3-2-6-21(8-11)16(22)14-9-23-15(20-14)12-5-4-10(17)7-13(12)18;;/h4-5,7,9,11,19H,2-3,6,8H2,1H3;2*1H. The van der Waals surface area contributed by atoms with Crippen molar-refractivity contribution in [3.05, 3.63) is 39.3 Å². The molecule has 1 atom stereocenters. The molecule has 1 aliphatic heterocycles. The Morgan fingerprint density at radius 3 is 2.80 bits per heavy atom. The molecule has 1 aromatic heterocycles. The molecule has 2 aromatic rings. The van der Waals surface area contributed by atoms with Crippen LogP contribution in [0.2, 0.25) is 10.0 Å². The first-order valence-corrected chi connectivity index (χ1v) is 9.09. The van der Waals surface area contributed by atoms with Gasteiger partial charge in [-0.15, -0.1) is 36.2 Å². The summed E-state index contributed by atoms with van der Waals surface area (Å²) in [5.74, 6) is -0.0162. The van der Waals surface area contributed by atoms with E-state index in [0.717, 1.165) is 36.5 Å². The van der Waals surface area contributed by atoms with Crippen molar-refractivity contribution >= 4 is 65.3 Å². The number of thiazole rings is 1. The van der Waals surface area contributed by atoms with E-state index in [1.807, 2.05) is 18.0 Å². The van der Waals surface area contributed by atoms with Gasteiger partial charge >= 0.3 is 0 Å². The summed E-state index contributed by atoms with van der Waals surface area (Å²) in [5.41, 5.74) is 1.28. The molecular weight excluding hydrogens is 424 g/mol. The molecule has 3 rings (SSSR count). The third-order valence-corrected chi connectivity index (χ3v) is 5.43. The average molecular weight is 443 g/mol. The zero-order valence-electron chi connectivity index (χ0n) is 13.5. The number of nitrogens with zero attached hydrogens (tertiary/aromatic N) is 2. The lowest BCUT2D eigenvalue weighted by Gasteiger charge is -2.32. The van der Waals surface area contributed by atoms with Crippen LogP contribution in [0.4, 0.5) is 0 Å². The van der Waals surface area contributed by atoms with E-state index in [0.29, 0.717) is 21.8 Å². The Kier molecular flexibility index (Phi) is 8.95. The van der Waals surface area contributed by atoms with E-state index >= 15 is 0 Å². The molecule has 1 fully saturated rings. The van der Waals surface area contributed by atoms with Crippen molar-refractivity contribution in [3.63, 3.8) is 0 Å². The molecule has 1 amide bonds. The number of carbonyl (C=O) groups excluding carboxylic acids is 1. The third kappa shape index (κ3) is 5.22. The number of piperidine rings is 1. The van der Waals surface area contributed by atoms with Gasteiger partial charge in [0.15, 0.2) is 0 Å². The van der Waals surface area contributed by atoms with E-state index in [-0.39, 0.29) is 30.7 Å². The number of rotatable bonds is 3. The van der Waals surface area contributed by atoms with Gasteiger partial charge in [-0.1, -0.05) is 23.2 Å². The quantitative estimate of drug-likeness (QED) is 0.743. The number of nitrogens with one attached hydrogen (secondary N) is 1. The number of benzene rings is 1. The predicted octanol–water partition coefficient (Wildman–Crippen LogP) is 4.78. The molecule has 4 nitrogen and oxygen atoms in total. The van der Waals surface area contributed by atoms with E-state index in [1.165, 1.54) is 11.3 Å². The van der Waals surface area contributed by atoms with E-state index in [2.05, 4.69) is 10.3 Å². The number of aromatic nitrogens is 1. The fourth-order valence-electron chi connectivity index (χ4n) is 2.72. The summed E-state index contributed by atoms with van der Waals surface area (Å²) in [5, 5.41) is 6.90. The molecule has 1 N–H and O–H groups in total. The lowest BCUT2D eigenvalue weighted by molar-refractivity contribution is 0.0693. The molecule has 0 saturated carbocycles. The van der Waals surface area contributed by atoms with Crippen molar-refractivity contribution < 1.29 is 4.79 Å². The first kappa shape index (κ1) is 22.5. The van der Waals surface area contributed by atoms with Crippen molar-refractivity contribution in [3.8, 4) is 10.6 Å². The van der Waals surface area contributed by atoms with E-state index in [9.17, 15) is 4.79 Å². The summed E-state index contributed by atoms with van der Waals surface area (Å²) in [6.45, 7) is 1.51. The molecule has 9 heteroatoms. The molecule has 1 aliphatic rings. The number of amides is 1. The van der Waals surface area contributed by atoms with Crippen molar-refractivity contribution in [1.82, 2.24) is 15.2 Å². The fourth-order valence-corrected chi connectivity index (χ4v) is 4.10. The highest BCUT2D eigenvalue weighted by Gasteiger charge is 2.25. The molecule has 25 heavy (non-hydrogen) atoms. The van der Waals surface area contributed by atoms with Crippen LogP contribution in [0.25, 0.3) is 10.6 Å². The van der Waals surface area contributed by atoms with Gasteiger partial charge in [0, 0.05) is 35.1 Å². The van der Waals surface area contributed by atoms with Gasteiger partial charge in [0.1, 0.15) is 10.7 Å². The van der Waals surface area contributed by atoms with Gasteiger partial charge < -0.3 is 10.2 Å². The van der Waals surface area contributed by atoms with Crippen LogP contribution in [-0.4, -0.2) is 42.0 Å². The van der Waals surface area contributed by atoms with Crippen molar-refractivity contribution in [2.24, 2.45) is 0 Å². The monoisotopic (exact) mass is 441 g/mol. The van der Waals surface area contributed by atoms with Crippen LogP contribution in [0.5, 0.6) is 0 Å². The first-order valence-electron chi connectivity index (χ1n) is 7.46. The maximum Gasteiger partial charge on any atom is 0.273 e. The lowest BCUT2D eigenvalue weighted by atomic mass is 10.1. The SMILES string of the molecule is CNC1CCCN(C(=O)c2csc(-c3ccc(Cl)cc3Cl)n2)C1.Cl.Cl. The lowest BCUT2D eigenvalue weighted by Crippen LogP contribution is -2.47. The molecule has 0 bridgehead atoms. The second kappa shape index (κ2) is 9.95. The molecule has 0 aliphatic carbocycles. The van der Waals surface area contributed by atoms with Crippen molar-refractivity contribution in [1.29, 1.82) is 0 Å². The van der Waals surface area contributed by atoms with Crippen molar-refractivity contribution in [2.75, 3.05) is 20.1 Å². The summed E-state index contributed by atoms with van der Waals surface area (Å²) in [6.07, 6.45) is 2.11. The van der Waals surface area contributed by atoms with Crippen LogP contribution < -0.4 is 5.32 Å².